The lowest BCUT2D eigenvalue weighted by atomic mass is 9.99. The first kappa shape index (κ1) is 20.3. The predicted octanol–water partition coefficient (Wildman–Crippen LogP) is 4.26. The molecule has 140 valence electrons. The molecule has 2 aromatic carbocycles. The van der Waals surface area contributed by atoms with Gasteiger partial charge in [0.05, 0.1) is 19.6 Å². The molecule has 5 heteroatoms. The van der Waals surface area contributed by atoms with Gasteiger partial charge in [-0.2, -0.15) is 0 Å². The van der Waals surface area contributed by atoms with E-state index in [1.165, 1.54) is 17.3 Å². The third-order valence-corrected chi connectivity index (χ3v) is 5.77. The second-order valence-electron chi connectivity index (χ2n) is 6.19. The van der Waals surface area contributed by atoms with Crippen molar-refractivity contribution in [1.29, 1.82) is 0 Å². The molecule has 0 aliphatic carbocycles. The number of aliphatic hydroxyl groups is 1. The molecule has 26 heavy (non-hydrogen) atoms. The van der Waals surface area contributed by atoms with Gasteiger partial charge in [0.2, 0.25) is 0 Å². The molecule has 0 saturated heterocycles. The Labute approximate surface area is 159 Å². The van der Waals surface area contributed by atoms with Gasteiger partial charge in [0.25, 0.3) is 0 Å². The molecule has 2 aromatic rings. The van der Waals surface area contributed by atoms with E-state index < -0.39 is 11.9 Å². The van der Waals surface area contributed by atoms with E-state index in [-0.39, 0.29) is 11.9 Å². The fraction of sp³-hybridized carbons (Fsp3) is 0.381. The van der Waals surface area contributed by atoms with Crippen molar-refractivity contribution >= 4 is 17.7 Å². The molecule has 2 N–H and O–H groups in total. The normalized spacial score (nSPS) is 13.2. The molecule has 0 amide bonds. The molecule has 0 saturated carbocycles. The number of ether oxygens (including phenoxy) is 1. The van der Waals surface area contributed by atoms with E-state index in [4.69, 9.17) is 4.74 Å². The number of benzene rings is 2. The maximum Gasteiger partial charge on any atom is 0.309 e. The summed E-state index contributed by atoms with van der Waals surface area (Å²) in [6.07, 6.45) is 3.66. The smallest absolute Gasteiger partial charge is 0.309 e. The van der Waals surface area contributed by atoms with Gasteiger partial charge >= 0.3 is 5.97 Å². The molecule has 0 radical (unpaired) electrons. The van der Waals surface area contributed by atoms with Gasteiger partial charge in [0.1, 0.15) is 5.75 Å². The van der Waals surface area contributed by atoms with Crippen molar-refractivity contribution in [1.82, 2.24) is 0 Å². The van der Waals surface area contributed by atoms with Crippen molar-refractivity contribution < 1.29 is 19.7 Å². The number of hydrogen-bond acceptors (Lipinski definition) is 4. The molecular formula is C21H26O4S. The van der Waals surface area contributed by atoms with Crippen LogP contribution in [0.15, 0.2) is 59.5 Å². The van der Waals surface area contributed by atoms with E-state index >= 15 is 0 Å². The van der Waals surface area contributed by atoms with Crippen molar-refractivity contribution in [3.8, 4) is 5.75 Å². The zero-order chi connectivity index (χ0) is 18.8. The Hall–Kier alpha value is -1.98. The van der Waals surface area contributed by atoms with Crippen LogP contribution in [0.25, 0.3) is 0 Å². The van der Waals surface area contributed by atoms with Crippen LogP contribution in [-0.4, -0.2) is 35.1 Å². The summed E-state index contributed by atoms with van der Waals surface area (Å²) < 4.78 is 5.16. The summed E-state index contributed by atoms with van der Waals surface area (Å²) in [6.45, 7) is -0.345. The lowest BCUT2D eigenvalue weighted by Gasteiger charge is -2.22. The van der Waals surface area contributed by atoms with Crippen molar-refractivity contribution in [3.63, 3.8) is 0 Å². The van der Waals surface area contributed by atoms with Gasteiger partial charge in [-0.25, -0.2) is 0 Å². The highest BCUT2D eigenvalue weighted by Crippen LogP contribution is 2.33. The Morgan fingerprint density at radius 1 is 1.08 bits per heavy atom. The molecule has 0 aliphatic rings. The molecule has 0 bridgehead atoms. The number of hydrogen-bond donors (Lipinski definition) is 2. The lowest BCUT2D eigenvalue weighted by Crippen LogP contribution is -2.29. The van der Waals surface area contributed by atoms with Crippen LogP contribution in [-0.2, 0) is 11.2 Å². The van der Waals surface area contributed by atoms with Crippen LogP contribution in [0, 0.1) is 5.92 Å². The second-order valence-corrected chi connectivity index (χ2v) is 7.50. The Kier molecular flexibility index (Phi) is 8.51. The van der Waals surface area contributed by atoms with Crippen LogP contribution in [0.3, 0.4) is 0 Å². The monoisotopic (exact) mass is 374 g/mol. The van der Waals surface area contributed by atoms with Gasteiger partial charge in [0.15, 0.2) is 0 Å². The number of methoxy groups -OCH3 is 1. The van der Waals surface area contributed by atoms with Gasteiger partial charge < -0.3 is 14.9 Å². The van der Waals surface area contributed by atoms with Gasteiger partial charge in [-0.15, -0.1) is 11.8 Å². The zero-order valence-electron chi connectivity index (χ0n) is 15.0. The van der Waals surface area contributed by atoms with Crippen molar-refractivity contribution in [2.24, 2.45) is 5.92 Å². The number of carbonyl (C=O) groups is 1. The van der Waals surface area contributed by atoms with Crippen LogP contribution < -0.4 is 4.74 Å². The molecule has 2 unspecified atom stereocenters. The quantitative estimate of drug-likeness (QED) is 0.454. The van der Waals surface area contributed by atoms with Crippen LogP contribution >= 0.6 is 11.8 Å². The molecule has 0 aromatic heterocycles. The number of aliphatic carboxylic acids is 1. The van der Waals surface area contributed by atoms with Crippen LogP contribution in [0.5, 0.6) is 5.75 Å². The Bertz CT molecular complexity index is 657. The number of aryl methyl sites for hydroxylation is 1. The van der Waals surface area contributed by atoms with E-state index in [9.17, 15) is 15.0 Å². The second kappa shape index (κ2) is 10.9. The molecular weight excluding hydrogens is 348 g/mol. The highest BCUT2D eigenvalue weighted by atomic mass is 32.2. The summed E-state index contributed by atoms with van der Waals surface area (Å²) >= 11 is 1.52. The summed E-state index contributed by atoms with van der Waals surface area (Å²) in [7, 11) is 1.61. The van der Waals surface area contributed by atoms with E-state index in [0.717, 1.165) is 36.3 Å². The summed E-state index contributed by atoms with van der Waals surface area (Å²) in [6, 6.07) is 17.9. The van der Waals surface area contributed by atoms with E-state index in [0.29, 0.717) is 0 Å². The molecule has 0 fully saturated rings. The van der Waals surface area contributed by atoms with Gasteiger partial charge in [-0.1, -0.05) is 36.8 Å². The molecule has 2 rings (SSSR count). The molecule has 0 spiro atoms. The standard InChI is InChI=1S/C21H26O4S/c1-25-17-11-13-18(14-12-17)26-20(19(15-22)21(23)24)10-6-5-9-16-7-3-2-4-8-16/h2-4,7-8,11-14,19-20,22H,5-6,9-10,15H2,1H3,(H,23,24). The highest BCUT2D eigenvalue weighted by molar-refractivity contribution is 8.00. The fourth-order valence-corrected chi connectivity index (χ4v) is 4.14. The summed E-state index contributed by atoms with van der Waals surface area (Å²) in [5, 5.41) is 18.8. The third kappa shape index (κ3) is 6.39. The van der Waals surface area contributed by atoms with Crippen LogP contribution in [0.4, 0.5) is 0 Å². The number of carboxylic acids is 1. The Morgan fingerprint density at radius 2 is 1.77 bits per heavy atom. The number of rotatable bonds is 11. The number of carboxylic acid groups (broad SMARTS) is 1. The minimum atomic E-state index is -0.943. The van der Waals surface area contributed by atoms with E-state index in [2.05, 4.69) is 12.1 Å². The Morgan fingerprint density at radius 3 is 2.35 bits per heavy atom. The average Bonchev–Trinajstić information content (AvgIpc) is 2.66. The fourth-order valence-electron chi connectivity index (χ4n) is 2.85. The van der Waals surface area contributed by atoms with E-state index in [1.54, 1.807) is 7.11 Å². The molecule has 0 heterocycles. The number of unbranched alkanes of at least 4 members (excludes halogenated alkanes) is 1. The number of aliphatic hydroxyl groups excluding tert-OH is 1. The SMILES string of the molecule is COc1ccc(SC(CCCCc2ccccc2)C(CO)C(=O)O)cc1. The van der Waals surface area contributed by atoms with Crippen molar-refractivity contribution in [2.75, 3.05) is 13.7 Å². The first-order chi connectivity index (χ1) is 12.6. The van der Waals surface area contributed by atoms with Crippen molar-refractivity contribution in [2.45, 2.75) is 35.8 Å². The minimum absolute atomic E-state index is 0.165. The highest BCUT2D eigenvalue weighted by Gasteiger charge is 2.28. The van der Waals surface area contributed by atoms with Gasteiger partial charge in [-0.05, 0) is 49.1 Å². The minimum Gasteiger partial charge on any atom is -0.497 e. The lowest BCUT2D eigenvalue weighted by molar-refractivity contribution is -0.143. The topological polar surface area (TPSA) is 66.8 Å². The summed E-state index contributed by atoms with van der Waals surface area (Å²) in [5.74, 6) is -0.939. The summed E-state index contributed by atoms with van der Waals surface area (Å²) in [5.41, 5.74) is 1.30. The van der Waals surface area contributed by atoms with E-state index in [1.807, 2.05) is 42.5 Å². The molecule has 0 aliphatic heterocycles. The first-order valence-corrected chi connectivity index (χ1v) is 9.70. The number of thioether (sulfide) groups is 1. The maximum atomic E-state index is 11.5. The van der Waals surface area contributed by atoms with Crippen LogP contribution in [0.1, 0.15) is 24.8 Å². The Balaban J connectivity index is 1.94. The third-order valence-electron chi connectivity index (χ3n) is 4.36. The predicted molar refractivity (Wildman–Crippen MR) is 105 cm³/mol. The molecule has 2 atom stereocenters. The molecule has 4 nitrogen and oxygen atoms in total. The largest absolute Gasteiger partial charge is 0.497 e. The van der Waals surface area contributed by atoms with Crippen LogP contribution in [0.2, 0.25) is 0 Å². The van der Waals surface area contributed by atoms with Gasteiger partial charge in [-0.3, -0.25) is 4.79 Å². The van der Waals surface area contributed by atoms with Crippen molar-refractivity contribution in [3.05, 3.63) is 60.2 Å². The maximum absolute atomic E-state index is 11.5. The zero-order valence-corrected chi connectivity index (χ0v) is 15.8. The summed E-state index contributed by atoms with van der Waals surface area (Å²) in [4.78, 5) is 12.5. The van der Waals surface area contributed by atoms with Gasteiger partial charge in [0, 0.05) is 10.1 Å². The first-order valence-electron chi connectivity index (χ1n) is 8.82. The average molecular weight is 375 g/mol.